The lowest BCUT2D eigenvalue weighted by Gasteiger charge is -2.18. The summed E-state index contributed by atoms with van der Waals surface area (Å²) in [5.74, 6) is 0. The maximum Gasteiger partial charge on any atom is 0.0689 e. The van der Waals surface area contributed by atoms with E-state index in [0.29, 0.717) is 0 Å². The van der Waals surface area contributed by atoms with Crippen LogP contribution in [0.25, 0.3) is 20.2 Å². The molecule has 0 amide bonds. The smallest absolute Gasteiger partial charge is 0.0689 e. The van der Waals surface area contributed by atoms with Crippen molar-refractivity contribution in [3.63, 3.8) is 0 Å². The quantitative estimate of drug-likeness (QED) is 0.185. The third kappa shape index (κ3) is 3.00. The third-order valence-corrected chi connectivity index (χ3v) is 8.87. The monoisotopic (exact) mass is 473 g/mol. The van der Waals surface area contributed by atoms with Crippen molar-refractivity contribution in [2.75, 3.05) is 3.11 Å². The highest BCUT2D eigenvalue weighted by Gasteiger charge is 2.15. The van der Waals surface area contributed by atoms with Gasteiger partial charge in [-0.2, -0.15) is 0 Å². The average Bonchev–Trinajstić information content (AvgIpc) is 3.01. The van der Waals surface area contributed by atoms with Crippen LogP contribution in [0.1, 0.15) is 5.56 Å². The second-order valence-electron chi connectivity index (χ2n) is 6.73. The summed E-state index contributed by atoms with van der Waals surface area (Å²) < 4.78 is 5.05. The van der Waals surface area contributed by atoms with Crippen LogP contribution in [-0.4, -0.2) is 8.80 Å². The van der Waals surface area contributed by atoms with Crippen LogP contribution in [0.4, 0.5) is 11.4 Å². The van der Waals surface area contributed by atoms with E-state index < -0.39 is 8.80 Å². The van der Waals surface area contributed by atoms with Gasteiger partial charge in [0.2, 0.25) is 0 Å². The van der Waals surface area contributed by atoms with E-state index in [0.717, 1.165) is 0 Å². The van der Waals surface area contributed by atoms with Crippen molar-refractivity contribution in [3.05, 3.63) is 66.2 Å². The molecule has 25 heavy (non-hydrogen) atoms. The highest BCUT2D eigenvalue weighted by molar-refractivity contribution is 14.1. The van der Waals surface area contributed by atoms with Crippen LogP contribution in [0.5, 0.6) is 0 Å². The number of aryl methyl sites for hydroxylation is 1. The van der Waals surface area contributed by atoms with Gasteiger partial charge in [0.25, 0.3) is 0 Å². The lowest BCUT2D eigenvalue weighted by atomic mass is 10.1. The predicted octanol–water partition coefficient (Wildman–Crippen LogP) is 6.54. The van der Waals surface area contributed by atoms with Crippen molar-refractivity contribution in [2.24, 2.45) is 0 Å². The summed E-state index contributed by atoms with van der Waals surface area (Å²) in [7, 11) is -0.740. The van der Waals surface area contributed by atoms with Gasteiger partial charge < -0.3 is 0 Å². The number of benzene rings is 3. The van der Waals surface area contributed by atoms with Gasteiger partial charge in [-0.15, -0.1) is 11.3 Å². The molecule has 0 saturated heterocycles. The summed E-state index contributed by atoms with van der Waals surface area (Å²) in [5, 5.41) is 4.24. The first-order chi connectivity index (χ1) is 12.1. The van der Waals surface area contributed by atoms with Crippen LogP contribution in [0, 0.1) is 6.92 Å². The van der Waals surface area contributed by atoms with Crippen LogP contribution >= 0.6 is 34.2 Å². The SMILES string of the molecule is Cc1cccc2c1sc1c(N(I)c3ccc([SiH](C)C)cc3)cccc12. The fourth-order valence-electron chi connectivity index (χ4n) is 3.23. The maximum atomic E-state index is 2.44. The Balaban J connectivity index is 1.85. The number of rotatable bonds is 3. The van der Waals surface area contributed by atoms with E-state index in [1.807, 2.05) is 11.3 Å². The largest absolute Gasteiger partial charge is 0.282 e. The van der Waals surface area contributed by atoms with Crippen molar-refractivity contribution in [1.82, 2.24) is 0 Å². The molecule has 126 valence electrons. The van der Waals surface area contributed by atoms with Gasteiger partial charge >= 0.3 is 0 Å². The lowest BCUT2D eigenvalue weighted by molar-refractivity contribution is 1.51. The molecule has 0 radical (unpaired) electrons. The fourth-order valence-corrected chi connectivity index (χ4v) is 6.35. The van der Waals surface area contributed by atoms with Crippen LogP contribution < -0.4 is 8.30 Å². The van der Waals surface area contributed by atoms with Gasteiger partial charge in [0.15, 0.2) is 0 Å². The van der Waals surface area contributed by atoms with Gasteiger partial charge in [0, 0.05) is 15.5 Å². The van der Waals surface area contributed by atoms with E-state index >= 15 is 0 Å². The van der Waals surface area contributed by atoms with Crippen LogP contribution in [0.2, 0.25) is 13.1 Å². The highest BCUT2D eigenvalue weighted by atomic mass is 127. The molecule has 0 aliphatic heterocycles. The van der Waals surface area contributed by atoms with E-state index in [9.17, 15) is 0 Å². The number of hydrogen-bond donors (Lipinski definition) is 0. The number of fused-ring (bicyclic) bond motifs is 3. The van der Waals surface area contributed by atoms with Crippen LogP contribution in [-0.2, 0) is 0 Å². The summed E-state index contributed by atoms with van der Waals surface area (Å²) in [5.41, 5.74) is 3.87. The topological polar surface area (TPSA) is 3.24 Å². The van der Waals surface area contributed by atoms with Crippen molar-refractivity contribution >= 4 is 79.7 Å². The van der Waals surface area contributed by atoms with Crippen molar-refractivity contribution in [3.8, 4) is 0 Å². The molecule has 0 atom stereocenters. The molecule has 1 heterocycles. The molecule has 0 aliphatic rings. The molecule has 0 aliphatic carbocycles. The predicted molar refractivity (Wildman–Crippen MR) is 125 cm³/mol. The van der Waals surface area contributed by atoms with E-state index in [1.54, 1.807) is 0 Å². The molecule has 4 heteroatoms. The summed E-state index contributed by atoms with van der Waals surface area (Å²) in [6.45, 7) is 6.95. The van der Waals surface area contributed by atoms with Crippen LogP contribution in [0.15, 0.2) is 60.7 Å². The molecular formula is C21H20INSSi. The van der Waals surface area contributed by atoms with E-state index in [-0.39, 0.29) is 0 Å². The molecule has 0 spiro atoms. The average molecular weight is 473 g/mol. The molecule has 0 unspecified atom stereocenters. The second kappa shape index (κ2) is 6.74. The fraction of sp³-hybridized carbons (Fsp3) is 0.143. The summed E-state index contributed by atoms with van der Waals surface area (Å²) >= 11 is 4.34. The Hall–Kier alpha value is -1.37. The standard InChI is InChI=1S/C21H20INSSi/c1-14-6-4-7-17-18-8-5-9-19(21(18)24-20(14)17)23(22)15-10-12-16(13-11-15)25(2)3/h4-13,25H,1-3H3. The zero-order valence-corrected chi connectivity index (χ0v) is 18.7. The lowest BCUT2D eigenvalue weighted by Crippen LogP contribution is -2.22. The Morgan fingerprint density at radius 1 is 0.840 bits per heavy atom. The van der Waals surface area contributed by atoms with Gasteiger partial charge in [0.05, 0.1) is 47.7 Å². The first kappa shape index (κ1) is 17.1. The molecule has 0 saturated carbocycles. The van der Waals surface area contributed by atoms with Crippen molar-refractivity contribution in [2.45, 2.75) is 20.0 Å². The second-order valence-corrected chi connectivity index (χ2v) is 11.7. The number of halogens is 1. The number of thiophene rings is 1. The number of nitrogens with zero attached hydrogens (tertiary/aromatic N) is 1. The first-order valence-corrected chi connectivity index (χ1v) is 13.2. The zero-order chi connectivity index (χ0) is 17.6. The minimum Gasteiger partial charge on any atom is -0.282 e. The Morgan fingerprint density at radius 2 is 1.48 bits per heavy atom. The van der Waals surface area contributed by atoms with E-state index in [4.69, 9.17) is 0 Å². The first-order valence-electron chi connectivity index (χ1n) is 8.53. The molecule has 4 rings (SSSR count). The van der Waals surface area contributed by atoms with Gasteiger partial charge in [0.1, 0.15) is 0 Å². The maximum absolute atomic E-state index is 2.44. The Kier molecular flexibility index (Phi) is 4.60. The summed E-state index contributed by atoms with van der Waals surface area (Å²) in [6.07, 6.45) is 0. The van der Waals surface area contributed by atoms with E-state index in [2.05, 4.69) is 107 Å². The molecular weight excluding hydrogens is 453 g/mol. The van der Waals surface area contributed by atoms with Gasteiger partial charge in [-0.05, 0) is 30.7 Å². The normalized spacial score (nSPS) is 11.6. The highest BCUT2D eigenvalue weighted by Crippen LogP contribution is 2.43. The van der Waals surface area contributed by atoms with E-state index in [1.165, 1.54) is 42.3 Å². The minimum atomic E-state index is -0.740. The zero-order valence-electron chi connectivity index (χ0n) is 14.6. The molecule has 0 fully saturated rings. The molecule has 0 bridgehead atoms. The van der Waals surface area contributed by atoms with Crippen LogP contribution in [0.3, 0.4) is 0 Å². The molecule has 0 N–H and O–H groups in total. The summed E-state index contributed by atoms with van der Waals surface area (Å²) in [6, 6.07) is 22.4. The van der Waals surface area contributed by atoms with Crippen molar-refractivity contribution in [1.29, 1.82) is 0 Å². The van der Waals surface area contributed by atoms with Gasteiger partial charge in [-0.3, -0.25) is 3.11 Å². The van der Waals surface area contributed by atoms with Gasteiger partial charge in [-0.25, -0.2) is 0 Å². The third-order valence-electron chi connectivity index (χ3n) is 4.70. The molecule has 4 aromatic rings. The minimum absolute atomic E-state index is 0.740. The molecule has 1 nitrogen and oxygen atoms in total. The number of hydrogen-bond acceptors (Lipinski definition) is 2. The molecule has 3 aromatic carbocycles. The van der Waals surface area contributed by atoms with Gasteiger partial charge in [-0.1, -0.05) is 60.7 Å². The molecule has 1 aromatic heterocycles. The number of anilines is 2. The Labute approximate surface area is 168 Å². The van der Waals surface area contributed by atoms with Crippen molar-refractivity contribution < 1.29 is 0 Å². The Morgan fingerprint density at radius 3 is 2.16 bits per heavy atom. The Bertz CT molecular complexity index is 1050. The summed E-state index contributed by atoms with van der Waals surface area (Å²) in [4.78, 5) is 0.